The molecule has 1 aromatic carbocycles. The molecule has 0 unspecified atom stereocenters. The van der Waals surface area contributed by atoms with Crippen LogP contribution < -0.4 is 5.32 Å². The van der Waals surface area contributed by atoms with E-state index in [1.165, 1.54) is 11.1 Å². The Morgan fingerprint density at radius 2 is 1.61 bits per heavy atom. The molecule has 0 radical (unpaired) electrons. The molecule has 1 N–H and O–H groups in total. The number of hydrogen-bond donors (Lipinski definition) is 1. The number of likely N-dealkylation sites (tertiary alicyclic amines) is 1. The highest BCUT2D eigenvalue weighted by Gasteiger charge is 2.29. The number of nitrogens with zero attached hydrogens (tertiary/aromatic N) is 1. The van der Waals surface area contributed by atoms with Crippen molar-refractivity contribution in [1.29, 1.82) is 0 Å². The van der Waals surface area contributed by atoms with Crippen LogP contribution in [-0.2, 0) is 21.4 Å². The van der Waals surface area contributed by atoms with Crippen LogP contribution in [0.25, 0.3) is 0 Å². The molecule has 28 heavy (non-hydrogen) atoms. The highest BCUT2D eigenvalue weighted by atomic mass is 16.6. The summed E-state index contributed by atoms with van der Waals surface area (Å²) in [4.78, 5) is 26.2. The molecule has 0 aliphatic carbocycles. The molecular formula is C23H36N2O3. The van der Waals surface area contributed by atoms with E-state index in [4.69, 9.17) is 4.74 Å². The van der Waals surface area contributed by atoms with Crippen LogP contribution in [0.4, 0.5) is 4.79 Å². The second-order valence-corrected chi connectivity index (χ2v) is 9.73. The van der Waals surface area contributed by atoms with Crippen molar-refractivity contribution >= 4 is 12.0 Å². The molecule has 0 bridgehead atoms. The van der Waals surface area contributed by atoms with Gasteiger partial charge in [-0.1, -0.05) is 45.0 Å². The van der Waals surface area contributed by atoms with E-state index in [2.05, 4.69) is 50.4 Å². The van der Waals surface area contributed by atoms with Crippen LogP contribution in [0.5, 0.6) is 0 Å². The molecule has 156 valence electrons. The topological polar surface area (TPSA) is 58.6 Å². The fraction of sp³-hybridized carbons (Fsp3) is 0.652. The van der Waals surface area contributed by atoms with E-state index in [1.807, 2.05) is 20.8 Å². The fourth-order valence-electron chi connectivity index (χ4n) is 3.30. The predicted molar refractivity (Wildman–Crippen MR) is 112 cm³/mol. The molecule has 1 aromatic rings. The van der Waals surface area contributed by atoms with Crippen molar-refractivity contribution in [3.8, 4) is 0 Å². The Bertz CT molecular complexity index is 661. The summed E-state index contributed by atoms with van der Waals surface area (Å²) in [6.45, 7) is 14.0. The van der Waals surface area contributed by atoms with Crippen LogP contribution >= 0.6 is 0 Å². The second-order valence-electron chi connectivity index (χ2n) is 9.73. The normalized spacial score (nSPS) is 16.0. The van der Waals surface area contributed by atoms with Crippen molar-refractivity contribution in [2.75, 3.05) is 19.6 Å². The van der Waals surface area contributed by atoms with Gasteiger partial charge in [0, 0.05) is 25.6 Å². The molecule has 1 heterocycles. The van der Waals surface area contributed by atoms with Gasteiger partial charge >= 0.3 is 6.09 Å². The highest BCUT2D eigenvalue weighted by molar-refractivity contribution is 5.79. The number of ether oxygens (including phenoxy) is 1. The average Bonchev–Trinajstić information content (AvgIpc) is 2.60. The number of hydrogen-bond acceptors (Lipinski definition) is 3. The van der Waals surface area contributed by atoms with Crippen molar-refractivity contribution in [3.63, 3.8) is 0 Å². The molecule has 1 saturated heterocycles. The van der Waals surface area contributed by atoms with Gasteiger partial charge in [0.15, 0.2) is 0 Å². The predicted octanol–water partition coefficient (Wildman–Crippen LogP) is 4.29. The molecule has 1 aliphatic heterocycles. The number of carbonyl (C=O) groups excluding carboxylic acids is 2. The summed E-state index contributed by atoms with van der Waals surface area (Å²) >= 11 is 0. The van der Waals surface area contributed by atoms with Crippen molar-refractivity contribution in [2.24, 2.45) is 5.92 Å². The second kappa shape index (κ2) is 8.97. The first-order valence-electron chi connectivity index (χ1n) is 10.3. The van der Waals surface area contributed by atoms with Crippen LogP contribution in [0.3, 0.4) is 0 Å². The van der Waals surface area contributed by atoms with Gasteiger partial charge in [0.05, 0.1) is 0 Å². The Morgan fingerprint density at radius 1 is 1.04 bits per heavy atom. The Morgan fingerprint density at radius 3 is 2.11 bits per heavy atom. The SMILES string of the molecule is CC(C)(C)OC(=O)N1CCC(C(=O)NCCc2ccc(C(C)(C)C)cc2)CC1. The quantitative estimate of drug-likeness (QED) is 0.837. The first-order chi connectivity index (χ1) is 13.0. The number of rotatable bonds is 4. The summed E-state index contributed by atoms with van der Waals surface area (Å²) < 4.78 is 5.40. The van der Waals surface area contributed by atoms with E-state index in [9.17, 15) is 9.59 Å². The maximum Gasteiger partial charge on any atom is 0.410 e. The first kappa shape index (κ1) is 22.3. The van der Waals surface area contributed by atoms with Gasteiger partial charge in [0.25, 0.3) is 0 Å². The first-order valence-corrected chi connectivity index (χ1v) is 10.3. The van der Waals surface area contributed by atoms with E-state index >= 15 is 0 Å². The van der Waals surface area contributed by atoms with Gasteiger partial charge in [0.1, 0.15) is 5.60 Å². The van der Waals surface area contributed by atoms with E-state index < -0.39 is 5.60 Å². The summed E-state index contributed by atoms with van der Waals surface area (Å²) in [5.74, 6) is 0.0668. The van der Waals surface area contributed by atoms with Gasteiger partial charge in [-0.15, -0.1) is 0 Å². The third kappa shape index (κ3) is 6.84. The maximum absolute atomic E-state index is 12.4. The zero-order valence-corrected chi connectivity index (χ0v) is 18.3. The lowest BCUT2D eigenvalue weighted by Gasteiger charge is -2.32. The largest absolute Gasteiger partial charge is 0.444 e. The number of carbonyl (C=O) groups is 2. The minimum Gasteiger partial charge on any atom is -0.444 e. The van der Waals surface area contributed by atoms with Gasteiger partial charge in [-0.05, 0) is 56.6 Å². The van der Waals surface area contributed by atoms with E-state index in [1.54, 1.807) is 4.90 Å². The molecule has 2 amide bonds. The van der Waals surface area contributed by atoms with Crippen molar-refractivity contribution in [1.82, 2.24) is 10.2 Å². The van der Waals surface area contributed by atoms with Crippen LogP contribution in [-0.4, -0.2) is 42.1 Å². The summed E-state index contributed by atoms with van der Waals surface area (Å²) in [6.07, 6.45) is 1.91. The van der Waals surface area contributed by atoms with Crippen LogP contribution in [0.2, 0.25) is 0 Å². The van der Waals surface area contributed by atoms with Gasteiger partial charge in [-0.3, -0.25) is 4.79 Å². The van der Waals surface area contributed by atoms with E-state index in [0.717, 1.165) is 6.42 Å². The lowest BCUT2D eigenvalue weighted by molar-refractivity contribution is -0.126. The molecule has 0 spiro atoms. The molecule has 0 saturated carbocycles. The molecule has 0 atom stereocenters. The lowest BCUT2D eigenvalue weighted by atomic mass is 9.86. The summed E-state index contributed by atoms with van der Waals surface area (Å²) in [6, 6.07) is 8.63. The molecule has 5 heteroatoms. The van der Waals surface area contributed by atoms with Gasteiger partial charge in [-0.2, -0.15) is 0 Å². The Labute approximate surface area is 169 Å². The van der Waals surface area contributed by atoms with Crippen molar-refractivity contribution in [3.05, 3.63) is 35.4 Å². The molecule has 1 aliphatic rings. The minimum absolute atomic E-state index is 0.0260. The van der Waals surface area contributed by atoms with Gasteiger partial charge in [0.2, 0.25) is 5.91 Å². The van der Waals surface area contributed by atoms with E-state index in [0.29, 0.717) is 32.5 Å². The summed E-state index contributed by atoms with van der Waals surface area (Å²) in [5.41, 5.74) is 2.21. The average molecular weight is 389 g/mol. The highest BCUT2D eigenvalue weighted by Crippen LogP contribution is 2.22. The smallest absolute Gasteiger partial charge is 0.410 e. The number of nitrogens with one attached hydrogen (secondary N) is 1. The minimum atomic E-state index is -0.490. The lowest BCUT2D eigenvalue weighted by Crippen LogP contribution is -2.45. The molecule has 1 fully saturated rings. The van der Waals surface area contributed by atoms with Crippen LogP contribution in [0, 0.1) is 5.92 Å². The molecule has 0 aromatic heterocycles. The third-order valence-electron chi connectivity index (χ3n) is 5.05. The molecule has 2 rings (SSSR count). The monoisotopic (exact) mass is 388 g/mol. The fourth-order valence-corrected chi connectivity index (χ4v) is 3.30. The molecular weight excluding hydrogens is 352 g/mol. The standard InChI is InChI=1S/C23H36N2O3/c1-22(2,3)19-9-7-17(8-10-19)11-14-24-20(26)18-12-15-25(16-13-18)21(27)28-23(4,5)6/h7-10,18H,11-16H2,1-6H3,(H,24,26). The number of benzene rings is 1. The number of amides is 2. The molecule has 5 nitrogen and oxygen atoms in total. The van der Waals surface area contributed by atoms with Gasteiger partial charge in [-0.25, -0.2) is 4.79 Å². The van der Waals surface area contributed by atoms with Crippen LogP contribution in [0.1, 0.15) is 65.5 Å². The zero-order chi connectivity index (χ0) is 20.9. The zero-order valence-electron chi connectivity index (χ0n) is 18.3. The Balaban J connectivity index is 1.72. The number of piperidine rings is 1. The van der Waals surface area contributed by atoms with E-state index in [-0.39, 0.29) is 23.3 Å². The van der Waals surface area contributed by atoms with Crippen LogP contribution in [0.15, 0.2) is 24.3 Å². The Kier molecular flexibility index (Phi) is 7.13. The summed E-state index contributed by atoms with van der Waals surface area (Å²) in [7, 11) is 0. The summed E-state index contributed by atoms with van der Waals surface area (Å²) in [5, 5.41) is 3.05. The van der Waals surface area contributed by atoms with Gasteiger partial charge < -0.3 is 15.0 Å². The van der Waals surface area contributed by atoms with Crippen molar-refractivity contribution in [2.45, 2.75) is 71.8 Å². The van der Waals surface area contributed by atoms with Crippen molar-refractivity contribution < 1.29 is 14.3 Å². The third-order valence-corrected chi connectivity index (χ3v) is 5.05. The Hall–Kier alpha value is -2.04. The maximum atomic E-state index is 12.4.